The Morgan fingerprint density at radius 1 is 0.256 bits per heavy atom. The monoisotopic (exact) mass is 1100 g/mol. The van der Waals surface area contributed by atoms with Crippen molar-refractivity contribution in [3.8, 4) is 0 Å². The van der Waals surface area contributed by atoms with Crippen molar-refractivity contribution >= 4 is 17.9 Å². The van der Waals surface area contributed by atoms with Crippen molar-refractivity contribution < 1.29 is 28.6 Å². The zero-order chi connectivity index (χ0) is 56.4. The van der Waals surface area contributed by atoms with E-state index in [0.29, 0.717) is 19.3 Å². The third-order valence-corrected chi connectivity index (χ3v) is 16.2. The summed E-state index contributed by atoms with van der Waals surface area (Å²) in [5.41, 5.74) is 0. The Labute approximate surface area is 487 Å². The Bertz CT molecular complexity index is 1260. The molecule has 0 N–H and O–H groups in total. The van der Waals surface area contributed by atoms with E-state index in [1.54, 1.807) is 0 Å². The smallest absolute Gasteiger partial charge is 0.306 e. The SMILES string of the molecule is CCCCCCC/C=C\C/C=C\CCCCCCCCCCCCCCCC(=O)OCC(COC(=O)CCCCCCCCCCCCCCCCCCC)OC(=O)CCCCCCCCCCCCCCCCCCCC. The van der Waals surface area contributed by atoms with Crippen molar-refractivity contribution in [1.29, 1.82) is 0 Å². The van der Waals surface area contributed by atoms with E-state index in [4.69, 9.17) is 14.2 Å². The Morgan fingerprint density at radius 3 is 0.705 bits per heavy atom. The number of unbranched alkanes of at least 4 members (excludes halogenated alkanes) is 51. The van der Waals surface area contributed by atoms with Crippen molar-refractivity contribution in [2.24, 2.45) is 0 Å². The quantitative estimate of drug-likeness (QED) is 0.0261. The summed E-state index contributed by atoms with van der Waals surface area (Å²) in [4.78, 5) is 38.5. The van der Waals surface area contributed by atoms with E-state index in [-0.39, 0.29) is 31.1 Å². The molecule has 0 aromatic heterocycles. The summed E-state index contributed by atoms with van der Waals surface area (Å²) in [5, 5.41) is 0. The first-order valence-corrected chi connectivity index (χ1v) is 35.3. The number of hydrogen-bond acceptors (Lipinski definition) is 6. The molecule has 0 radical (unpaired) electrons. The number of esters is 3. The minimum Gasteiger partial charge on any atom is -0.462 e. The first-order valence-electron chi connectivity index (χ1n) is 35.3. The van der Waals surface area contributed by atoms with E-state index in [1.807, 2.05) is 0 Å². The van der Waals surface area contributed by atoms with Crippen molar-refractivity contribution in [2.45, 2.75) is 406 Å². The molecule has 0 amide bonds. The molecule has 0 aliphatic carbocycles. The molecule has 0 heterocycles. The number of rotatable bonds is 66. The van der Waals surface area contributed by atoms with Gasteiger partial charge in [0.2, 0.25) is 0 Å². The molecule has 0 saturated carbocycles. The molecule has 0 spiro atoms. The fraction of sp³-hybridized carbons (Fsp3) is 0.903. The van der Waals surface area contributed by atoms with Crippen molar-refractivity contribution in [1.82, 2.24) is 0 Å². The van der Waals surface area contributed by atoms with E-state index < -0.39 is 6.10 Å². The zero-order valence-corrected chi connectivity index (χ0v) is 53.0. The molecule has 0 saturated heterocycles. The van der Waals surface area contributed by atoms with Crippen LogP contribution in [0.5, 0.6) is 0 Å². The van der Waals surface area contributed by atoms with Gasteiger partial charge in [-0.1, -0.05) is 353 Å². The number of allylic oxidation sites excluding steroid dienone is 4. The van der Waals surface area contributed by atoms with E-state index >= 15 is 0 Å². The molecule has 6 heteroatoms. The Kier molecular flexibility index (Phi) is 65.6. The highest BCUT2D eigenvalue weighted by molar-refractivity contribution is 5.71. The predicted molar refractivity (Wildman–Crippen MR) is 340 cm³/mol. The van der Waals surface area contributed by atoms with Gasteiger partial charge in [-0.2, -0.15) is 0 Å². The van der Waals surface area contributed by atoms with Gasteiger partial charge in [0.05, 0.1) is 0 Å². The van der Waals surface area contributed by atoms with Crippen molar-refractivity contribution in [3.63, 3.8) is 0 Å². The van der Waals surface area contributed by atoms with Gasteiger partial charge in [-0.25, -0.2) is 0 Å². The lowest BCUT2D eigenvalue weighted by molar-refractivity contribution is -0.167. The van der Waals surface area contributed by atoms with Crippen LogP contribution in [0.3, 0.4) is 0 Å². The summed E-state index contributed by atoms with van der Waals surface area (Å²) in [7, 11) is 0. The van der Waals surface area contributed by atoms with Crippen molar-refractivity contribution in [3.05, 3.63) is 24.3 Å². The van der Waals surface area contributed by atoms with E-state index in [0.717, 1.165) is 64.2 Å². The fourth-order valence-electron chi connectivity index (χ4n) is 10.9. The fourth-order valence-corrected chi connectivity index (χ4v) is 10.9. The molecule has 78 heavy (non-hydrogen) atoms. The second-order valence-electron chi connectivity index (χ2n) is 24.2. The van der Waals surface area contributed by atoms with Crippen LogP contribution in [-0.4, -0.2) is 37.2 Å². The van der Waals surface area contributed by atoms with Crippen LogP contribution < -0.4 is 0 Å². The molecule has 0 aliphatic heterocycles. The van der Waals surface area contributed by atoms with Gasteiger partial charge in [-0.15, -0.1) is 0 Å². The summed E-state index contributed by atoms with van der Waals surface area (Å²) < 4.78 is 17.0. The molecular weight excluding hydrogens is 961 g/mol. The normalized spacial score (nSPS) is 12.1. The lowest BCUT2D eigenvalue weighted by Gasteiger charge is -2.18. The standard InChI is InChI=1S/C72H136O6/c1-4-7-10-13-16-19-22-25-28-31-33-34-35-36-37-38-39-42-44-47-50-53-56-59-62-65-71(74)77-68-69(67-76-70(73)64-61-58-55-52-49-46-43-40-30-27-24-21-18-15-12-9-6-3)78-72(75)66-63-60-57-54-51-48-45-41-32-29-26-23-20-17-14-11-8-5-2/h22,25,31,33,69H,4-21,23-24,26-30,32,34-68H2,1-3H3/b25-22-,33-31-. The maximum atomic E-state index is 12.9. The van der Waals surface area contributed by atoms with Gasteiger partial charge in [0.15, 0.2) is 6.10 Å². The van der Waals surface area contributed by atoms with Crippen LogP contribution in [-0.2, 0) is 28.6 Å². The molecule has 1 atom stereocenters. The molecule has 0 bridgehead atoms. The number of ether oxygens (including phenoxy) is 3. The molecule has 0 rings (SSSR count). The average Bonchev–Trinajstić information content (AvgIpc) is 3.44. The van der Waals surface area contributed by atoms with Crippen LogP contribution in [0, 0.1) is 0 Å². The highest BCUT2D eigenvalue weighted by Crippen LogP contribution is 2.19. The Hall–Kier alpha value is -2.11. The molecule has 1 unspecified atom stereocenters. The first kappa shape index (κ1) is 75.9. The summed E-state index contributed by atoms with van der Waals surface area (Å²) >= 11 is 0. The third kappa shape index (κ3) is 64.7. The van der Waals surface area contributed by atoms with Crippen LogP contribution in [0.1, 0.15) is 400 Å². The Morgan fingerprint density at radius 2 is 0.462 bits per heavy atom. The van der Waals surface area contributed by atoms with Gasteiger partial charge in [-0.05, 0) is 51.4 Å². The highest BCUT2D eigenvalue weighted by atomic mass is 16.6. The Balaban J connectivity index is 4.26. The summed E-state index contributed by atoms with van der Waals surface area (Å²) in [6, 6.07) is 0. The molecular formula is C72H136O6. The molecule has 460 valence electrons. The average molecular weight is 1100 g/mol. The zero-order valence-electron chi connectivity index (χ0n) is 53.0. The molecule has 0 fully saturated rings. The van der Waals surface area contributed by atoms with Crippen LogP contribution in [0.25, 0.3) is 0 Å². The summed E-state index contributed by atoms with van der Waals surface area (Å²) in [6.45, 7) is 6.72. The lowest BCUT2D eigenvalue weighted by atomic mass is 10.0. The summed E-state index contributed by atoms with van der Waals surface area (Å²) in [5.74, 6) is -0.829. The van der Waals surface area contributed by atoms with Gasteiger partial charge in [-0.3, -0.25) is 14.4 Å². The van der Waals surface area contributed by atoms with Crippen LogP contribution in [0.15, 0.2) is 24.3 Å². The highest BCUT2D eigenvalue weighted by Gasteiger charge is 2.19. The lowest BCUT2D eigenvalue weighted by Crippen LogP contribution is -2.30. The summed E-state index contributed by atoms with van der Waals surface area (Å²) in [6.07, 6.45) is 82.0. The topological polar surface area (TPSA) is 78.9 Å². The second kappa shape index (κ2) is 67.4. The van der Waals surface area contributed by atoms with Gasteiger partial charge < -0.3 is 14.2 Å². The van der Waals surface area contributed by atoms with E-state index in [9.17, 15) is 14.4 Å². The van der Waals surface area contributed by atoms with E-state index in [2.05, 4.69) is 45.1 Å². The largest absolute Gasteiger partial charge is 0.462 e. The first-order chi connectivity index (χ1) is 38.5. The van der Waals surface area contributed by atoms with Crippen LogP contribution in [0.4, 0.5) is 0 Å². The van der Waals surface area contributed by atoms with Crippen molar-refractivity contribution in [2.75, 3.05) is 13.2 Å². The minimum absolute atomic E-state index is 0.0639. The van der Waals surface area contributed by atoms with Gasteiger partial charge in [0.1, 0.15) is 13.2 Å². The molecule has 0 aromatic carbocycles. The predicted octanol–water partition coefficient (Wildman–Crippen LogP) is 24.2. The van der Waals surface area contributed by atoms with Gasteiger partial charge in [0.25, 0.3) is 0 Å². The van der Waals surface area contributed by atoms with Crippen LogP contribution >= 0.6 is 0 Å². The van der Waals surface area contributed by atoms with E-state index in [1.165, 1.54) is 295 Å². The number of hydrogen-bond donors (Lipinski definition) is 0. The number of carbonyl (C=O) groups is 3. The molecule has 6 nitrogen and oxygen atoms in total. The van der Waals surface area contributed by atoms with Gasteiger partial charge in [0, 0.05) is 19.3 Å². The maximum absolute atomic E-state index is 12.9. The molecule has 0 aliphatic rings. The minimum atomic E-state index is -0.768. The van der Waals surface area contributed by atoms with Gasteiger partial charge >= 0.3 is 17.9 Å². The second-order valence-corrected chi connectivity index (χ2v) is 24.2. The molecule has 0 aromatic rings. The number of carbonyl (C=O) groups excluding carboxylic acids is 3. The maximum Gasteiger partial charge on any atom is 0.306 e. The third-order valence-electron chi connectivity index (χ3n) is 16.2. The van der Waals surface area contributed by atoms with Crippen LogP contribution in [0.2, 0.25) is 0 Å².